The number of phenolic OH excluding ortho intramolecular Hbond substituents is 1. The Morgan fingerprint density at radius 2 is 1.78 bits per heavy atom. The van der Waals surface area contributed by atoms with Crippen LogP contribution < -0.4 is 14.9 Å². The monoisotopic (exact) mass is 500 g/mol. The SMILES string of the molecule is CCOC(=O)C1=C(c2ccccc2)N=c2s/c(=C\c3ccc(O)cc3)c(=O)n2[C@@H]1c1ccc(F)cc1. The van der Waals surface area contributed by atoms with Crippen molar-refractivity contribution < 1.29 is 19.0 Å². The molecule has 1 aliphatic heterocycles. The molecule has 6 nitrogen and oxygen atoms in total. The van der Waals surface area contributed by atoms with Crippen molar-refractivity contribution in [3.63, 3.8) is 0 Å². The molecule has 36 heavy (non-hydrogen) atoms. The van der Waals surface area contributed by atoms with Crippen LogP contribution in [0.4, 0.5) is 4.39 Å². The number of hydrogen-bond acceptors (Lipinski definition) is 6. The van der Waals surface area contributed by atoms with E-state index < -0.39 is 17.8 Å². The number of hydrogen-bond donors (Lipinski definition) is 1. The number of fused-ring (bicyclic) bond motifs is 1. The molecule has 0 bridgehead atoms. The van der Waals surface area contributed by atoms with Crippen molar-refractivity contribution in [1.29, 1.82) is 0 Å². The van der Waals surface area contributed by atoms with Gasteiger partial charge in [0.05, 0.1) is 28.5 Å². The molecular weight excluding hydrogens is 479 g/mol. The van der Waals surface area contributed by atoms with Crippen LogP contribution in [0.1, 0.15) is 29.7 Å². The summed E-state index contributed by atoms with van der Waals surface area (Å²) in [6, 6.07) is 20.5. The van der Waals surface area contributed by atoms with Gasteiger partial charge in [-0.2, -0.15) is 0 Å². The Morgan fingerprint density at radius 3 is 2.44 bits per heavy atom. The maximum absolute atomic E-state index is 13.8. The van der Waals surface area contributed by atoms with Crippen LogP contribution in [0.3, 0.4) is 0 Å². The minimum absolute atomic E-state index is 0.122. The molecule has 0 radical (unpaired) electrons. The molecule has 0 spiro atoms. The van der Waals surface area contributed by atoms with Crippen molar-refractivity contribution in [2.75, 3.05) is 6.61 Å². The molecule has 5 rings (SSSR count). The Kier molecular flexibility index (Phi) is 6.35. The minimum atomic E-state index is -0.863. The predicted molar refractivity (Wildman–Crippen MR) is 136 cm³/mol. The summed E-state index contributed by atoms with van der Waals surface area (Å²) in [6.07, 6.45) is 1.71. The van der Waals surface area contributed by atoms with Crippen LogP contribution in [0.25, 0.3) is 11.8 Å². The molecule has 0 saturated carbocycles. The van der Waals surface area contributed by atoms with Gasteiger partial charge in [0.25, 0.3) is 5.56 Å². The number of nitrogens with zero attached hydrogens (tertiary/aromatic N) is 2. The summed E-state index contributed by atoms with van der Waals surface area (Å²) < 4.78 is 21.1. The zero-order valence-corrected chi connectivity index (χ0v) is 20.0. The lowest BCUT2D eigenvalue weighted by Crippen LogP contribution is -2.40. The fourth-order valence-electron chi connectivity index (χ4n) is 4.12. The second-order valence-corrected chi connectivity index (χ2v) is 9.08. The predicted octanol–water partition coefficient (Wildman–Crippen LogP) is 3.78. The summed E-state index contributed by atoms with van der Waals surface area (Å²) in [6.45, 7) is 1.85. The highest BCUT2D eigenvalue weighted by molar-refractivity contribution is 7.07. The van der Waals surface area contributed by atoms with E-state index in [0.29, 0.717) is 26.2 Å². The lowest BCUT2D eigenvalue weighted by molar-refractivity contribution is -0.138. The fourth-order valence-corrected chi connectivity index (χ4v) is 5.12. The van der Waals surface area contributed by atoms with Gasteiger partial charge in [0.1, 0.15) is 11.6 Å². The normalized spacial score (nSPS) is 15.4. The number of esters is 1. The summed E-state index contributed by atoms with van der Waals surface area (Å²) in [7, 11) is 0. The van der Waals surface area contributed by atoms with Gasteiger partial charge in [-0.15, -0.1) is 0 Å². The maximum atomic E-state index is 13.8. The number of phenols is 1. The molecular formula is C28H21FN2O4S. The van der Waals surface area contributed by atoms with Gasteiger partial charge in [-0.25, -0.2) is 14.2 Å². The van der Waals surface area contributed by atoms with Gasteiger partial charge in [0.2, 0.25) is 0 Å². The Bertz CT molecular complexity index is 1640. The van der Waals surface area contributed by atoms with Crippen molar-refractivity contribution in [1.82, 2.24) is 4.57 Å². The Labute approximate surface area is 209 Å². The number of rotatable bonds is 5. The minimum Gasteiger partial charge on any atom is -0.508 e. The van der Waals surface area contributed by atoms with E-state index in [-0.39, 0.29) is 23.5 Å². The maximum Gasteiger partial charge on any atom is 0.338 e. The van der Waals surface area contributed by atoms with Crippen molar-refractivity contribution >= 4 is 29.1 Å². The van der Waals surface area contributed by atoms with Crippen molar-refractivity contribution in [3.05, 3.63) is 127 Å². The molecule has 3 aromatic carbocycles. The van der Waals surface area contributed by atoms with E-state index in [1.807, 2.05) is 30.3 Å². The lowest BCUT2D eigenvalue weighted by Gasteiger charge is -2.25. The van der Waals surface area contributed by atoms with Gasteiger partial charge in [0.15, 0.2) is 4.80 Å². The summed E-state index contributed by atoms with van der Waals surface area (Å²) >= 11 is 1.19. The first-order valence-electron chi connectivity index (χ1n) is 11.3. The third-order valence-electron chi connectivity index (χ3n) is 5.75. The molecule has 1 atom stereocenters. The first kappa shape index (κ1) is 23.4. The number of carbonyl (C=O) groups is 1. The number of thiazole rings is 1. The molecule has 0 unspecified atom stereocenters. The van der Waals surface area contributed by atoms with Crippen LogP contribution in [0.15, 0.2) is 94.2 Å². The van der Waals surface area contributed by atoms with Gasteiger partial charge < -0.3 is 9.84 Å². The van der Waals surface area contributed by atoms with Gasteiger partial charge in [-0.3, -0.25) is 9.36 Å². The van der Waals surface area contributed by atoms with Gasteiger partial charge >= 0.3 is 5.97 Å². The number of ether oxygens (including phenoxy) is 1. The Morgan fingerprint density at radius 1 is 1.08 bits per heavy atom. The average molecular weight is 501 g/mol. The molecule has 0 saturated heterocycles. The number of aromatic nitrogens is 1. The van der Waals surface area contributed by atoms with Crippen LogP contribution in [0, 0.1) is 5.82 Å². The van der Waals surface area contributed by atoms with Crippen molar-refractivity contribution in [3.8, 4) is 5.75 Å². The lowest BCUT2D eigenvalue weighted by atomic mass is 9.93. The highest BCUT2D eigenvalue weighted by Gasteiger charge is 2.35. The first-order valence-corrected chi connectivity index (χ1v) is 12.1. The third kappa shape index (κ3) is 4.38. The molecule has 1 aromatic heterocycles. The van der Waals surface area contributed by atoms with Crippen LogP contribution in [-0.2, 0) is 9.53 Å². The van der Waals surface area contributed by atoms with E-state index >= 15 is 0 Å². The van der Waals surface area contributed by atoms with Gasteiger partial charge in [-0.05, 0) is 48.4 Å². The molecule has 4 aromatic rings. The quantitative estimate of drug-likeness (QED) is 0.423. The standard InChI is InChI=1S/C28H21FN2O4S/c1-2-35-27(34)23-24(18-6-4-3-5-7-18)30-28-31(25(23)19-10-12-20(29)13-11-19)26(33)22(36-28)16-17-8-14-21(32)15-9-17/h3-16,25,32H,2H2,1H3/b22-16-/t25-/m1/s1. The molecule has 8 heteroatoms. The van der Waals surface area contributed by atoms with E-state index in [9.17, 15) is 19.1 Å². The largest absolute Gasteiger partial charge is 0.508 e. The van der Waals surface area contributed by atoms with Crippen LogP contribution in [0.5, 0.6) is 5.75 Å². The van der Waals surface area contributed by atoms with Crippen LogP contribution in [-0.4, -0.2) is 22.2 Å². The van der Waals surface area contributed by atoms with E-state index in [0.717, 1.165) is 5.56 Å². The van der Waals surface area contributed by atoms with Crippen LogP contribution >= 0.6 is 11.3 Å². The molecule has 0 fully saturated rings. The summed E-state index contributed by atoms with van der Waals surface area (Å²) in [5.74, 6) is -0.901. The van der Waals surface area contributed by atoms with E-state index in [4.69, 9.17) is 9.73 Å². The van der Waals surface area contributed by atoms with Crippen molar-refractivity contribution in [2.24, 2.45) is 4.99 Å². The van der Waals surface area contributed by atoms with Gasteiger partial charge in [0, 0.05) is 5.56 Å². The second kappa shape index (κ2) is 9.75. The summed E-state index contributed by atoms with van der Waals surface area (Å²) in [5.41, 5.74) is 2.25. The van der Waals surface area contributed by atoms with E-state index in [2.05, 4.69) is 0 Å². The van der Waals surface area contributed by atoms with E-state index in [1.165, 1.54) is 40.2 Å². The summed E-state index contributed by atoms with van der Waals surface area (Å²) in [4.78, 5) is 32.2. The van der Waals surface area contributed by atoms with Gasteiger partial charge in [-0.1, -0.05) is 65.9 Å². The molecule has 0 aliphatic carbocycles. The van der Waals surface area contributed by atoms with Crippen LogP contribution in [0.2, 0.25) is 0 Å². The molecule has 0 amide bonds. The smallest absolute Gasteiger partial charge is 0.338 e. The molecule has 1 aliphatic rings. The Balaban J connectivity index is 1.82. The Hall–Kier alpha value is -4.30. The fraction of sp³-hybridized carbons (Fsp3) is 0.107. The first-order chi connectivity index (χ1) is 17.5. The van der Waals surface area contributed by atoms with Crippen molar-refractivity contribution in [2.45, 2.75) is 13.0 Å². The zero-order valence-electron chi connectivity index (χ0n) is 19.2. The second-order valence-electron chi connectivity index (χ2n) is 8.07. The number of benzene rings is 3. The summed E-state index contributed by atoms with van der Waals surface area (Å²) in [5, 5.41) is 9.58. The number of aromatic hydroxyl groups is 1. The topological polar surface area (TPSA) is 80.9 Å². The molecule has 2 heterocycles. The zero-order chi connectivity index (χ0) is 25.2. The van der Waals surface area contributed by atoms with E-state index in [1.54, 1.807) is 37.3 Å². The number of carbonyl (C=O) groups excluding carboxylic acids is 1. The highest BCUT2D eigenvalue weighted by Crippen LogP contribution is 2.35. The number of halogens is 1. The highest BCUT2D eigenvalue weighted by atomic mass is 32.1. The average Bonchev–Trinajstić information content (AvgIpc) is 3.20. The third-order valence-corrected chi connectivity index (χ3v) is 6.73. The molecule has 1 N–H and O–H groups in total. The molecule has 180 valence electrons.